The first-order valence-electron chi connectivity index (χ1n) is 6.77. The van der Waals surface area contributed by atoms with Gasteiger partial charge in [0.25, 0.3) is 0 Å². The number of carbonyl (C=O) groups is 1. The van der Waals surface area contributed by atoms with Crippen molar-refractivity contribution in [2.24, 2.45) is 5.92 Å². The maximum absolute atomic E-state index is 11.9. The summed E-state index contributed by atoms with van der Waals surface area (Å²) in [6, 6.07) is 0. The molecule has 17 heavy (non-hydrogen) atoms. The molecule has 0 aliphatic rings. The Hall–Kier alpha value is -1.03. The van der Waals surface area contributed by atoms with Crippen molar-refractivity contribution >= 4 is 5.78 Å². The molecule has 0 saturated carbocycles. The Morgan fingerprint density at radius 1 is 1.29 bits per heavy atom. The monoisotopic (exact) mass is 234 g/mol. The lowest BCUT2D eigenvalue weighted by Gasteiger charge is -2.07. The predicted molar refractivity (Wildman–Crippen MR) is 74.8 cm³/mol. The summed E-state index contributed by atoms with van der Waals surface area (Å²) < 4.78 is 0. The maximum atomic E-state index is 11.9. The highest BCUT2D eigenvalue weighted by Crippen LogP contribution is 2.15. The Labute approximate surface area is 107 Å². The zero-order chi connectivity index (χ0) is 13.1. The van der Waals surface area contributed by atoms with Gasteiger partial charge in [-0.15, -0.1) is 12.3 Å². The molecule has 0 aromatic rings. The van der Waals surface area contributed by atoms with Crippen LogP contribution < -0.4 is 0 Å². The van der Waals surface area contributed by atoms with Crippen LogP contribution >= 0.6 is 0 Å². The smallest absolute Gasteiger partial charge is 0.159 e. The number of allylic oxidation sites excluding steroid dienone is 2. The van der Waals surface area contributed by atoms with Crippen LogP contribution in [-0.4, -0.2) is 5.78 Å². The van der Waals surface area contributed by atoms with Gasteiger partial charge in [-0.1, -0.05) is 39.7 Å². The summed E-state index contributed by atoms with van der Waals surface area (Å²) in [7, 11) is 0. The first-order chi connectivity index (χ1) is 8.11. The van der Waals surface area contributed by atoms with E-state index in [0.717, 1.165) is 30.8 Å². The van der Waals surface area contributed by atoms with E-state index in [1.807, 2.05) is 0 Å². The molecular formula is C16H26O. The van der Waals surface area contributed by atoms with E-state index < -0.39 is 0 Å². The summed E-state index contributed by atoms with van der Waals surface area (Å²) in [6.07, 6.45) is 13.7. The van der Waals surface area contributed by atoms with Gasteiger partial charge in [0.05, 0.1) is 0 Å². The van der Waals surface area contributed by atoms with Gasteiger partial charge in [-0.25, -0.2) is 0 Å². The van der Waals surface area contributed by atoms with Crippen molar-refractivity contribution in [3.63, 3.8) is 0 Å². The second-order valence-corrected chi connectivity index (χ2v) is 4.90. The summed E-state index contributed by atoms with van der Waals surface area (Å²) >= 11 is 0. The van der Waals surface area contributed by atoms with Crippen molar-refractivity contribution in [3.05, 3.63) is 11.6 Å². The molecule has 0 fully saturated rings. The van der Waals surface area contributed by atoms with Gasteiger partial charge in [0, 0.05) is 12.8 Å². The molecule has 0 aliphatic heterocycles. The number of hydrogen-bond donors (Lipinski definition) is 0. The van der Waals surface area contributed by atoms with E-state index in [-0.39, 0.29) is 5.78 Å². The number of ketones is 1. The number of carbonyl (C=O) groups excluding carboxylic acids is 1. The molecule has 0 amide bonds. The normalized spacial score (nSPS) is 11.6. The molecule has 0 spiro atoms. The molecule has 0 saturated heterocycles. The number of Topliss-reactive ketones (excluding diaryl/α,β-unsaturated/α-hetero) is 1. The van der Waals surface area contributed by atoms with Crippen LogP contribution in [0.5, 0.6) is 0 Å². The highest BCUT2D eigenvalue weighted by atomic mass is 16.1. The minimum atomic E-state index is 0.245. The topological polar surface area (TPSA) is 17.1 Å². The molecule has 0 aliphatic carbocycles. The molecule has 1 nitrogen and oxygen atoms in total. The van der Waals surface area contributed by atoms with Gasteiger partial charge in [0.15, 0.2) is 5.78 Å². The number of terminal acetylenes is 1. The standard InChI is InChI=1S/C16H26O/c1-5-7-13-16(17)15(10-6-2)12-9-8-11-14(3)4/h1,10,14H,6-9,11-13H2,2-4H3/b15-10-. The van der Waals surface area contributed by atoms with Crippen LogP contribution in [0, 0.1) is 18.3 Å². The average molecular weight is 234 g/mol. The van der Waals surface area contributed by atoms with E-state index in [1.165, 1.54) is 12.8 Å². The summed E-state index contributed by atoms with van der Waals surface area (Å²) in [5.41, 5.74) is 0.992. The van der Waals surface area contributed by atoms with Crippen molar-refractivity contribution in [2.75, 3.05) is 0 Å². The molecule has 0 unspecified atom stereocenters. The van der Waals surface area contributed by atoms with Crippen molar-refractivity contribution in [3.8, 4) is 12.3 Å². The van der Waals surface area contributed by atoms with E-state index in [0.29, 0.717) is 12.8 Å². The quantitative estimate of drug-likeness (QED) is 0.325. The predicted octanol–water partition coefficient (Wildman–Crippen LogP) is 4.52. The molecule has 0 N–H and O–H groups in total. The van der Waals surface area contributed by atoms with Gasteiger partial charge in [-0.3, -0.25) is 4.79 Å². The molecule has 1 heteroatoms. The zero-order valence-corrected chi connectivity index (χ0v) is 11.6. The van der Waals surface area contributed by atoms with Crippen LogP contribution in [0.15, 0.2) is 11.6 Å². The fourth-order valence-electron chi connectivity index (χ4n) is 1.82. The average Bonchev–Trinajstić information content (AvgIpc) is 2.29. The van der Waals surface area contributed by atoms with Gasteiger partial charge < -0.3 is 0 Å². The minimum Gasteiger partial charge on any atom is -0.295 e. The Bertz CT molecular complexity index is 278. The molecule has 96 valence electrons. The third-order valence-corrected chi connectivity index (χ3v) is 2.78. The molecule has 0 radical (unpaired) electrons. The lowest BCUT2D eigenvalue weighted by Crippen LogP contribution is -2.02. The lowest BCUT2D eigenvalue weighted by molar-refractivity contribution is -0.115. The summed E-state index contributed by atoms with van der Waals surface area (Å²) in [5, 5.41) is 0. The van der Waals surface area contributed by atoms with E-state index in [4.69, 9.17) is 6.42 Å². The number of unbranched alkanes of at least 4 members (excludes halogenated alkanes) is 1. The molecule has 0 rings (SSSR count). The summed E-state index contributed by atoms with van der Waals surface area (Å²) in [5.74, 6) is 3.53. The van der Waals surface area contributed by atoms with Crippen molar-refractivity contribution in [2.45, 2.75) is 65.7 Å². The summed E-state index contributed by atoms with van der Waals surface area (Å²) in [4.78, 5) is 11.9. The highest BCUT2D eigenvalue weighted by molar-refractivity contribution is 5.95. The first-order valence-corrected chi connectivity index (χ1v) is 6.77. The van der Waals surface area contributed by atoms with Crippen LogP contribution in [0.4, 0.5) is 0 Å². The zero-order valence-electron chi connectivity index (χ0n) is 11.6. The van der Waals surface area contributed by atoms with Crippen LogP contribution in [0.2, 0.25) is 0 Å². The fraction of sp³-hybridized carbons (Fsp3) is 0.688. The van der Waals surface area contributed by atoms with Gasteiger partial charge in [0.2, 0.25) is 0 Å². The molecule has 0 heterocycles. The SMILES string of the molecule is C#CCCC(=O)/C(=C\CC)CCCCC(C)C. The van der Waals surface area contributed by atoms with Crippen LogP contribution in [0.3, 0.4) is 0 Å². The van der Waals surface area contributed by atoms with E-state index in [2.05, 4.69) is 32.8 Å². The number of hydrogen-bond acceptors (Lipinski definition) is 1. The van der Waals surface area contributed by atoms with Crippen LogP contribution in [0.25, 0.3) is 0 Å². The fourth-order valence-corrected chi connectivity index (χ4v) is 1.82. The molecular weight excluding hydrogens is 208 g/mol. The Morgan fingerprint density at radius 2 is 2.00 bits per heavy atom. The number of rotatable bonds is 9. The first kappa shape index (κ1) is 16.0. The summed E-state index contributed by atoms with van der Waals surface area (Å²) in [6.45, 7) is 6.55. The van der Waals surface area contributed by atoms with Crippen LogP contribution in [0.1, 0.15) is 65.7 Å². The minimum absolute atomic E-state index is 0.245. The Morgan fingerprint density at radius 3 is 2.53 bits per heavy atom. The van der Waals surface area contributed by atoms with E-state index in [9.17, 15) is 4.79 Å². The van der Waals surface area contributed by atoms with Gasteiger partial charge in [-0.2, -0.15) is 0 Å². The third-order valence-electron chi connectivity index (χ3n) is 2.78. The van der Waals surface area contributed by atoms with E-state index in [1.54, 1.807) is 0 Å². The van der Waals surface area contributed by atoms with Gasteiger partial charge in [-0.05, 0) is 30.8 Å². The van der Waals surface area contributed by atoms with Crippen molar-refractivity contribution in [1.82, 2.24) is 0 Å². The van der Waals surface area contributed by atoms with E-state index >= 15 is 0 Å². The molecule has 0 bridgehead atoms. The third kappa shape index (κ3) is 8.74. The highest BCUT2D eigenvalue weighted by Gasteiger charge is 2.08. The Balaban J connectivity index is 4.04. The lowest BCUT2D eigenvalue weighted by atomic mass is 9.98. The van der Waals surface area contributed by atoms with Gasteiger partial charge in [0.1, 0.15) is 0 Å². The Kier molecular flexibility index (Phi) is 9.53. The van der Waals surface area contributed by atoms with Crippen molar-refractivity contribution < 1.29 is 4.79 Å². The van der Waals surface area contributed by atoms with Crippen LogP contribution in [-0.2, 0) is 4.79 Å². The second-order valence-electron chi connectivity index (χ2n) is 4.90. The second kappa shape index (κ2) is 10.1. The largest absolute Gasteiger partial charge is 0.295 e. The maximum Gasteiger partial charge on any atom is 0.159 e. The molecule has 0 atom stereocenters. The van der Waals surface area contributed by atoms with Gasteiger partial charge >= 0.3 is 0 Å². The molecule has 0 aromatic carbocycles. The molecule has 0 aromatic heterocycles. The van der Waals surface area contributed by atoms with Crippen molar-refractivity contribution in [1.29, 1.82) is 0 Å².